The molecule has 1 fully saturated rings. The molecule has 0 bridgehead atoms. The number of aromatic nitrogens is 1. The number of thiazole rings is 1. The van der Waals surface area contributed by atoms with E-state index in [0.717, 1.165) is 22.4 Å². The molecule has 0 aliphatic carbocycles. The molecule has 2 heterocycles. The predicted octanol–water partition coefficient (Wildman–Crippen LogP) is 3.37. The number of piperazine rings is 1. The van der Waals surface area contributed by atoms with Crippen LogP contribution < -0.4 is 4.87 Å². The van der Waals surface area contributed by atoms with Crippen LogP contribution in [0.3, 0.4) is 0 Å². The van der Waals surface area contributed by atoms with Crippen molar-refractivity contribution in [3.8, 4) is 0 Å². The number of sulfonamides is 1. The van der Waals surface area contributed by atoms with Crippen LogP contribution in [0.15, 0.2) is 52.2 Å². The molecule has 0 atom stereocenters. The SMILES string of the molecule is CC(C)n1c(=O)sc2cc(S(=O)(=O)N3CCN(C(=O)Cc4ccc(Cl)cc4)CC3)ccc21. The van der Waals surface area contributed by atoms with Crippen molar-refractivity contribution in [1.29, 1.82) is 0 Å². The molecule has 4 rings (SSSR count). The zero-order valence-electron chi connectivity index (χ0n) is 17.8. The summed E-state index contributed by atoms with van der Waals surface area (Å²) in [6.45, 7) is 4.99. The molecule has 1 aliphatic heterocycles. The Balaban J connectivity index is 1.46. The Morgan fingerprint density at radius 3 is 2.34 bits per heavy atom. The third-order valence-corrected chi connectivity index (χ3v) is 8.66. The molecule has 7 nitrogen and oxygen atoms in total. The molecular formula is C22H24ClN3O4S2. The number of nitrogens with zero attached hydrogens (tertiary/aromatic N) is 3. The van der Waals surface area contributed by atoms with Gasteiger partial charge in [-0.3, -0.25) is 14.2 Å². The van der Waals surface area contributed by atoms with Crippen LogP contribution in [0.25, 0.3) is 10.2 Å². The Labute approximate surface area is 195 Å². The number of halogens is 1. The van der Waals surface area contributed by atoms with E-state index in [2.05, 4.69) is 0 Å². The Bertz CT molecular complexity index is 1310. The topological polar surface area (TPSA) is 79.7 Å². The van der Waals surface area contributed by atoms with E-state index in [-0.39, 0.29) is 41.2 Å². The zero-order chi connectivity index (χ0) is 23.0. The minimum absolute atomic E-state index is 0.00260. The second-order valence-electron chi connectivity index (χ2n) is 8.05. The summed E-state index contributed by atoms with van der Waals surface area (Å²) in [5.41, 5.74) is 1.61. The number of carbonyl (C=O) groups excluding carboxylic acids is 1. The van der Waals surface area contributed by atoms with Crippen LogP contribution in [-0.4, -0.2) is 54.3 Å². The van der Waals surface area contributed by atoms with Gasteiger partial charge in [-0.1, -0.05) is 35.1 Å². The Morgan fingerprint density at radius 1 is 1.06 bits per heavy atom. The van der Waals surface area contributed by atoms with Gasteiger partial charge in [0.1, 0.15) is 0 Å². The van der Waals surface area contributed by atoms with Crippen molar-refractivity contribution in [2.75, 3.05) is 26.2 Å². The van der Waals surface area contributed by atoms with Crippen molar-refractivity contribution in [1.82, 2.24) is 13.8 Å². The van der Waals surface area contributed by atoms with Gasteiger partial charge in [0.05, 0.1) is 21.5 Å². The molecule has 1 amide bonds. The van der Waals surface area contributed by atoms with E-state index in [4.69, 9.17) is 11.6 Å². The van der Waals surface area contributed by atoms with Crippen LogP contribution in [0.1, 0.15) is 25.5 Å². The molecular weight excluding hydrogens is 470 g/mol. The molecule has 0 radical (unpaired) electrons. The number of benzene rings is 2. The highest BCUT2D eigenvalue weighted by atomic mass is 35.5. The van der Waals surface area contributed by atoms with Gasteiger partial charge in [-0.05, 0) is 49.7 Å². The molecule has 2 aromatic carbocycles. The second-order valence-corrected chi connectivity index (χ2v) is 11.4. The Morgan fingerprint density at radius 2 is 1.72 bits per heavy atom. The average Bonchev–Trinajstić information content (AvgIpc) is 3.10. The lowest BCUT2D eigenvalue weighted by atomic mass is 10.1. The zero-order valence-corrected chi connectivity index (χ0v) is 20.2. The normalized spacial score (nSPS) is 15.6. The minimum atomic E-state index is -3.71. The molecule has 0 spiro atoms. The van der Waals surface area contributed by atoms with Gasteiger partial charge in [-0.15, -0.1) is 0 Å². The quantitative estimate of drug-likeness (QED) is 0.545. The Kier molecular flexibility index (Phi) is 6.44. The summed E-state index contributed by atoms with van der Waals surface area (Å²) >= 11 is 6.94. The van der Waals surface area contributed by atoms with Crippen molar-refractivity contribution in [3.05, 3.63) is 62.7 Å². The number of amides is 1. The first kappa shape index (κ1) is 23.0. The summed E-state index contributed by atoms with van der Waals surface area (Å²) in [7, 11) is -3.71. The van der Waals surface area contributed by atoms with Crippen LogP contribution >= 0.6 is 22.9 Å². The molecule has 170 valence electrons. The van der Waals surface area contributed by atoms with Gasteiger partial charge in [0.15, 0.2) is 0 Å². The maximum atomic E-state index is 13.2. The van der Waals surface area contributed by atoms with E-state index < -0.39 is 10.0 Å². The molecule has 10 heteroatoms. The lowest BCUT2D eigenvalue weighted by molar-refractivity contribution is -0.131. The van der Waals surface area contributed by atoms with Gasteiger partial charge in [-0.25, -0.2) is 8.42 Å². The van der Waals surface area contributed by atoms with Crippen LogP contribution in [0.5, 0.6) is 0 Å². The van der Waals surface area contributed by atoms with Gasteiger partial charge in [0.2, 0.25) is 15.9 Å². The van der Waals surface area contributed by atoms with Gasteiger partial charge in [0.25, 0.3) is 0 Å². The molecule has 32 heavy (non-hydrogen) atoms. The van der Waals surface area contributed by atoms with Crippen LogP contribution in [0, 0.1) is 0 Å². The number of fused-ring (bicyclic) bond motifs is 1. The highest BCUT2D eigenvalue weighted by Crippen LogP contribution is 2.26. The highest BCUT2D eigenvalue weighted by molar-refractivity contribution is 7.89. The van der Waals surface area contributed by atoms with E-state index in [0.29, 0.717) is 22.8 Å². The third-order valence-electron chi connectivity index (χ3n) is 5.60. The van der Waals surface area contributed by atoms with E-state index in [1.165, 1.54) is 4.31 Å². The van der Waals surface area contributed by atoms with Crippen molar-refractivity contribution < 1.29 is 13.2 Å². The summed E-state index contributed by atoms with van der Waals surface area (Å²) in [5.74, 6) is -0.0365. The van der Waals surface area contributed by atoms with Gasteiger partial charge >= 0.3 is 4.87 Å². The fraction of sp³-hybridized carbons (Fsp3) is 0.364. The summed E-state index contributed by atoms with van der Waals surface area (Å²) in [4.78, 5) is 26.6. The van der Waals surface area contributed by atoms with Gasteiger partial charge in [-0.2, -0.15) is 4.31 Å². The standard InChI is InChI=1S/C22H24ClN3O4S2/c1-15(2)26-19-8-7-18(14-20(19)31-22(26)28)32(29,30)25-11-9-24(10-12-25)21(27)13-16-3-5-17(23)6-4-16/h3-8,14-15H,9-13H2,1-2H3. The van der Waals surface area contributed by atoms with Crippen LogP contribution in [0.4, 0.5) is 0 Å². The summed E-state index contributed by atoms with van der Waals surface area (Å²) < 4.78 is 30.1. The molecule has 0 saturated carbocycles. The predicted molar refractivity (Wildman–Crippen MR) is 127 cm³/mol. The van der Waals surface area contributed by atoms with Gasteiger partial charge in [0, 0.05) is 37.2 Å². The number of rotatable bonds is 5. The monoisotopic (exact) mass is 493 g/mol. The van der Waals surface area contributed by atoms with E-state index in [1.807, 2.05) is 26.0 Å². The van der Waals surface area contributed by atoms with E-state index in [1.54, 1.807) is 39.8 Å². The van der Waals surface area contributed by atoms with Crippen molar-refractivity contribution in [3.63, 3.8) is 0 Å². The van der Waals surface area contributed by atoms with E-state index in [9.17, 15) is 18.0 Å². The summed E-state index contributed by atoms with van der Waals surface area (Å²) in [6, 6.07) is 12.0. The first-order chi connectivity index (χ1) is 15.2. The Hall–Kier alpha value is -2.20. The molecule has 1 saturated heterocycles. The fourth-order valence-corrected chi connectivity index (χ4v) is 6.58. The van der Waals surface area contributed by atoms with Crippen molar-refractivity contribution >= 4 is 49.1 Å². The lowest BCUT2D eigenvalue weighted by Crippen LogP contribution is -2.50. The third kappa shape index (κ3) is 4.47. The maximum absolute atomic E-state index is 13.2. The maximum Gasteiger partial charge on any atom is 0.308 e. The molecule has 1 aliphatic rings. The average molecular weight is 494 g/mol. The number of hydrogen-bond acceptors (Lipinski definition) is 5. The molecule has 0 unspecified atom stereocenters. The second kappa shape index (κ2) is 8.97. The van der Waals surface area contributed by atoms with Crippen molar-refractivity contribution in [2.45, 2.75) is 31.2 Å². The van der Waals surface area contributed by atoms with Crippen LogP contribution in [-0.2, 0) is 21.2 Å². The fourth-order valence-electron chi connectivity index (χ4n) is 3.88. The molecule has 0 N–H and O–H groups in total. The van der Waals surface area contributed by atoms with Crippen LogP contribution in [0.2, 0.25) is 5.02 Å². The largest absolute Gasteiger partial charge is 0.340 e. The molecule has 1 aromatic heterocycles. The highest BCUT2D eigenvalue weighted by Gasteiger charge is 2.30. The smallest absolute Gasteiger partial charge is 0.308 e. The van der Waals surface area contributed by atoms with Gasteiger partial charge < -0.3 is 4.90 Å². The minimum Gasteiger partial charge on any atom is -0.340 e. The number of hydrogen-bond donors (Lipinski definition) is 0. The van der Waals surface area contributed by atoms with Crippen molar-refractivity contribution in [2.24, 2.45) is 0 Å². The first-order valence-electron chi connectivity index (χ1n) is 10.3. The van der Waals surface area contributed by atoms with E-state index >= 15 is 0 Å². The number of carbonyl (C=O) groups is 1. The summed E-state index contributed by atoms with van der Waals surface area (Å²) in [6.07, 6.45) is 0.256. The lowest BCUT2D eigenvalue weighted by Gasteiger charge is -2.34. The first-order valence-corrected chi connectivity index (χ1v) is 13.0. The summed E-state index contributed by atoms with van der Waals surface area (Å²) in [5, 5.41) is 0.617. The molecule has 3 aromatic rings.